The minimum Gasteiger partial charge on any atom is -0.381 e. The molecule has 1 aliphatic heterocycles. The van der Waals surface area contributed by atoms with Crippen molar-refractivity contribution in [2.75, 3.05) is 13.2 Å². The molecule has 1 saturated heterocycles. The summed E-state index contributed by atoms with van der Waals surface area (Å²) in [6.07, 6.45) is 6.83. The Morgan fingerprint density at radius 1 is 1.67 bits per heavy atom. The molecule has 0 spiro atoms. The minimum absolute atomic E-state index is 0.0224. The van der Waals surface area contributed by atoms with Gasteiger partial charge in [0, 0.05) is 25.7 Å². The number of hydrogen-bond donors (Lipinski definition) is 2. The van der Waals surface area contributed by atoms with Crippen LogP contribution in [0.4, 0.5) is 0 Å². The molecule has 0 aromatic heterocycles. The van der Waals surface area contributed by atoms with E-state index in [9.17, 15) is 4.79 Å². The molecule has 0 aromatic carbocycles. The normalized spacial score (nSPS) is 21.4. The summed E-state index contributed by atoms with van der Waals surface area (Å²) in [7, 11) is 0. The molecule has 84 valence electrons. The molecule has 1 atom stereocenters. The van der Waals surface area contributed by atoms with Crippen molar-refractivity contribution >= 4 is 5.91 Å². The molecular weight excluding hydrogens is 192 g/mol. The van der Waals surface area contributed by atoms with Gasteiger partial charge in [0.2, 0.25) is 5.91 Å². The maximum atomic E-state index is 11.8. The van der Waals surface area contributed by atoms with Gasteiger partial charge in [0.25, 0.3) is 0 Å². The third-order valence-electron chi connectivity index (χ3n) is 2.64. The molecule has 1 aliphatic rings. The summed E-state index contributed by atoms with van der Waals surface area (Å²) in [5.41, 5.74) is 5.23. The molecule has 0 aromatic rings. The summed E-state index contributed by atoms with van der Waals surface area (Å²) in [5, 5.41) is 2.83. The van der Waals surface area contributed by atoms with E-state index in [1.165, 1.54) is 0 Å². The highest BCUT2D eigenvalue weighted by Crippen LogP contribution is 2.17. The van der Waals surface area contributed by atoms with Crippen LogP contribution in [0.5, 0.6) is 0 Å². The van der Waals surface area contributed by atoms with Crippen LogP contribution < -0.4 is 11.1 Å². The molecule has 1 fully saturated rings. The van der Waals surface area contributed by atoms with Gasteiger partial charge in [0.15, 0.2) is 0 Å². The van der Waals surface area contributed by atoms with Gasteiger partial charge in [-0.15, -0.1) is 12.3 Å². The summed E-state index contributed by atoms with van der Waals surface area (Å²) < 4.78 is 5.18. The van der Waals surface area contributed by atoms with E-state index in [0.29, 0.717) is 32.5 Å². The average molecular weight is 210 g/mol. The third-order valence-corrected chi connectivity index (χ3v) is 2.64. The fourth-order valence-corrected chi connectivity index (χ4v) is 1.56. The molecule has 4 nitrogen and oxygen atoms in total. The van der Waals surface area contributed by atoms with E-state index in [-0.39, 0.29) is 11.9 Å². The summed E-state index contributed by atoms with van der Waals surface area (Å²) >= 11 is 0. The van der Waals surface area contributed by atoms with Crippen LogP contribution in [-0.2, 0) is 9.53 Å². The van der Waals surface area contributed by atoms with Gasteiger partial charge in [-0.05, 0) is 19.8 Å². The van der Waals surface area contributed by atoms with Crippen molar-refractivity contribution in [3.05, 3.63) is 0 Å². The van der Waals surface area contributed by atoms with Gasteiger partial charge in [0.05, 0.1) is 5.54 Å². The Morgan fingerprint density at radius 3 is 2.80 bits per heavy atom. The lowest BCUT2D eigenvalue weighted by Crippen LogP contribution is -2.58. The molecule has 1 amide bonds. The zero-order valence-electron chi connectivity index (χ0n) is 9.08. The highest BCUT2D eigenvalue weighted by Gasteiger charge is 2.36. The lowest BCUT2D eigenvalue weighted by atomic mass is 9.90. The molecule has 15 heavy (non-hydrogen) atoms. The number of nitrogens with one attached hydrogen (secondary N) is 1. The van der Waals surface area contributed by atoms with Crippen molar-refractivity contribution in [3.63, 3.8) is 0 Å². The number of hydrogen-bond acceptors (Lipinski definition) is 3. The second-order valence-electron chi connectivity index (χ2n) is 4.05. The number of carbonyl (C=O) groups is 1. The van der Waals surface area contributed by atoms with Crippen molar-refractivity contribution in [1.29, 1.82) is 0 Å². The van der Waals surface area contributed by atoms with Gasteiger partial charge in [0.1, 0.15) is 0 Å². The highest BCUT2D eigenvalue weighted by molar-refractivity contribution is 5.86. The molecule has 1 rings (SSSR count). The van der Waals surface area contributed by atoms with Gasteiger partial charge in [-0.3, -0.25) is 4.79 Å². The van der Waals surface area contributed by atoms with Crippen molar-refractivity contribution in [2.45, 2.75) is 37.8 Å². The Balaban J connectivity index is 2.48. The van der Waals surface area contributed by atoms with Gasteiger partial charge >= 0.3 is 0 Å². The monoisotopic (exact) mass is 210 g/mol. The second-order valence-corrected chi connectivity index (χ2v) is 4.05. The summed E-state index contributed by atoms with van der Waals surface area (Å²) in [5.74, 6) is 2.39. The largest absolute Gasteiger partial charge is 0.381 e. The first-order chi connectivity index (χ1) is 7.08. The van der Waals surface area contributed by atoms with Crippen LogP contribution in [-0.4, -0.2) is 30.7 Å². The Hall–Kier alpha value is -1.05. The molecule has 3 N–H and O–H groups in total. The van der Waals surface area contributed by atoms with Crippen molar-refractivity contribution < 1.29 is 9.53 Å². The van der Waals surface area contributed by atoms with E-state index in [4.69, 9.17) is 16.9 Å². The number of rotatable bonds is 3. The number of terminal acetylenes is 1. The fraction of sp³-hybridized carbons (Fsp3) is 0.727. The summed E-state index contributed by atoms with van der Waals surface area (Å²) in [6.45, 7) is 2.97. The Bertz CT molecular complexity index is 264. The molecule has 1 unspecified atom stereocenters. The van der Waals surface area contributed by atoms with Crippen LogP contribution in [0, 0.1) is 12.3 Å². The molecule has 1 heterocycles. The highest BCUT2D eigenvalue weighted by atomic mass is 16.5. The topological polar surface area (TPSA) is 64.4 Å². The first-order valence-corrected chi connectivity index (χ1v) is 5.19. The number of nitrogens with two attached hydrogens (primary N) is 1. The lowest BCUT2D eigenvalue weighted by molar-refractivity contribution is -0.130. The van der Waals surface area contributed by atoms with Crippen molar-refractivity contribution in [1.82, 2.24) is 5.32 Å². The van der Waals surface area contributed by atoms with E-state index in [1.54, 1.807) is 0 Å². The molecule has 0 saturated carbocycles. The van der Waals surface area contributed by atoms with E-state index in [1.807, 2.05) is 6.92 Å². The van der Waals surface area contributed by atoms with Gasteiger partial charge < -0.3 is 15.8 Å². The van der Waals surface area contributed by atoms with E-state index >= 15 is 0 Å². The van der Waals surface area contributed by atoms with E-state index in [2.05, 4.69) is 11.2 Å². The fourth-order valence-electron chi connectivity index (χ4n) is 1.56. The molecular formula is C11H18N2O2. The SMILES string of the molecule is C#CCC(C)NC(=O)C1(N)CCOCC1. The maximum absolute atomic E-state index is 11.8. The molecule has 0 radical (unpaired) electrons. The van der Waals surface area contributed by atoms with Crippen molar-refractivity contribution in [3.8, 4) is 12.3 Å². The number of ether oxygens (including phenoxy) is 1. The van der Waals surface area contributed by atoms with Gasteiger partial charge in [-0.25, -0.2) is 0 Å². The lowest BCUT2D eigenvalue weighted by Gasteiger charge is -2.32. The quantitative estimate of drug-likeness (QED) is 0.646. The van der Waals surface area contributed by atoms with Crippen molar-refractivity contribution in [2.24, 2.45) is 5.73 Å². The maximum Gasteiger partial charge on any atom is 0.240 e. The molecule has 0 aliphatic carbocycles. The Kier molecular flexibility index (Phi) is 4.13. The first-order valence-electron chi connectivity index (χ1n) is 5.19. The second kappa shape index (κ2) is 5.15. The van der Waals surface area contributed by atoms with Crippen LogP contribution in [0.3, 0.4) is 0 Å². The minimum atomic E-state index is -0.777. The predicted octanol–water partition coefficient (Wildman–Crippen LogP) is 0.0223. The first kappa shape index (κ1) is 12.0. The molecule has 0 bridgehead atoms. The van der Waals surface area contributed by atoms with Crippen LogP contribution >= 0.6 is 0 Å². The average Bonchev–Trinajstić information content (AvgIpc) is 2.19. The predicted molar refractivity (Wildman–Crippen MR) is 58.0 cm³/mol. The van der Waals surface area contributed by atoms with Gasteiger partial charge in [-0.2, -0.15) is 0 Å². The van der Waals surface area contributed by atoms with E-state index < -0.39 is 5.54 Å². The van der Waals surface area contributed by atoms with Crippen LogP contribution in [0.15, 0.2) is 0 Å². The summed E-state index contributed by atoms with van der Waals surface area (Å²) in [4.78, 5) is 11.8. The van der Waals surface area contributed by atoms with Crippen LogP contribution in [0.1, 0.15) is 26.2 Å². The Labute approximate surface area is 90.5 Å². The van der Waals surface area contributed by atoms with Crippen LogP contribution in [0.2, 0.25) is 0 Å². The zero-order chi connectivity index (χ0) is 11.3. The van der Waals surface area contributed by atoms with Crippen LogP contribution in [0.25, 0.3) is 0 Å². The zero-order valence-corrected chi connectivity index (χ0v) is 9.08. The van der Waals surface area contributed by atoms with Gasteiger partial charge in [-0.1, -0.05) is 0 Å². The Morgan fingerprint density at radius 2 is 2.27 bits per heavy atom. The van der Waals surface area contributed by atoms with E-state index in [0.717, 1.165) is 0 Å². The molecule has 4 heteroatoms. The summed E-state index contributed by atoms with van der Waals surface area (Å²) in [6, 6.07) is -0.0224. The third kappa shape index (κ3) is 3.22. The number of amides is 1. The smallest absolute Gasteiger partial charge is 0.240 e. The standard InChI is InChI=1S/C11H18N2O2/c1-3-4-9(2)13-10(14)11(12)5-7-15-8-6-11/h1,9H,4-8,12H2,2H3,(H,13,14). The number of carbonyl (C=O) groups excluding carboxylic acids is 1.